The van der Waals surface area contributed by atoms with Gasteiger partial charge in [0.25, 0.3) is 23.6 Å². The number of ether oxygens (including phenoxy) is 3. The topological polar surface area (TPSA) is 458 Å². The molecule has 544 valence electrons. The number of rotatable bonds is 42. The Morgan fingerprint density at radius 1 is 0.650 bits per heavy atom. The van der Waals surface area contributed by atoms with Crippen molar-refractivity contribution in [1.29, 1.82) is 0 Å². The molecule has 3 aromatic rings. The molecule has 0 radical (unpaired) electrons. The second-order valence-electron chi connectivity index (χ2n) is 24.1. The minimum absolute atomic E-state index is 0.0370. The van der Waals surface area contributed by atoms with Crippen molar-refractivity contribution >= 4 is 88.7 Å². The Bertz CT molecular complexity index is 3480. The molecule has 1 fully saturated rings. The van der Waals surface area contributed by atoms with Crippen molar-refractivity contribution in [2.75, 3.05) is 72.4 Å². The number of hydrogen-bond donors (Lipinski definition) is 10. The number of carboxylic acid groups (broad SMARTS) is 1. The molecular formula is C65H84F2N12O21. The number of carboxylic acids is 1. The Hall–Kier alpha value is -10.4. The summed E-state index contributed by atoms with van der Waals surface area (Å²) in [5.74, 6) is -15.2. The lowest BCUT2D eigenvalue weighted by molar-refractivity contribution is -0.198. The largest absolute Gasteiger partial charge is 0.481 e. The summed E-state index contributed by atoms with van der Waals surface area (Å²) in [5.41, 5.74) is 5.78. The first-order valence-electron chi connectivity index (χ1n) is 31.9. The zero-order valence-corrected chi connectivity index (χ0v) is 55.8. The molecule has 11 N–H and O–H groups in total. The van der Waals surface area contributed by atoms with Crippen LogP contribution < -0.4 is 43.0 Å². The molecule has 1 aromatic heterocycles. The number of hydrogen-bond acceptors (Lipinski definition) is 20. The summed E-state index contributed by atoms with van der Waals surface area (Å²) in [6, 6.07) is 4.54. The van der Waals surface area contributed by atoms with E-state index in [-0.39, 0.29) is 83.0 Å². The van der Waals surface area contributed by atoms with Gasteiger partial charge in [0, 0.05) is 87.0 Å². The Labute approximate surface area is 572 Å². The number of primary amides is 1. The van der Waals surface area contributed by atoms with E-state index < -0.39 is 201 Å². The lowest BCUT2D eigenvalue weighted by atomic mass is 9.82. The number of imide groups is 2. The second kappa shape index (κ2) is 39.3. The van der Waals surface area contributed by atoms with Crippen molar-refractivity contribution in [3.8, 4) is 11.1 Å². The van der Waals surface area contributed by atoms with Crippen molar-refractivity contribution in [3.05, 3.63) is 95.8 Å². The van der Waals surface area contributed by atoms with Gasteiger partial charge < -0.3 is 81.7 Å². The molecule has 100 heavy (non-hydrogen) atoms. The Balaban J connectivity index is 1.27. The molecule has 0 spiro atoms. The average molecular weight is 1410 g/mol. The van der Waals surface area contributed by atoms with E-state index in [2.05, 4.69) is 37.2 Å². The van der Waals surface area contributed by atoms with E-state index >= 15 is 4.39 Å². The van der Waals surface area contributed by atoms with Crippen LogP contribution in [0.4, 0.5) is 8.78 Å². The van der Waals surface area contributed by atoms with Gasteiger partial charge in [-0.25, -0.2) is 13.6 Å². The van der Waals surface area contributed by atoms with Crippen LogP contribution in [0.15, 0.2) is 72.9 Å². The van der Waals surface area contributed by atoms with Crippen molar-refractivity contribution in [2.24, 2.45) is 11.1 Å². The Morgan fingerprint density at radius 2 is 1.21 bits per heavy atom. The molecule has 0 saturated carbocycles. The van der Waals surface area contributed by atoms with Crippen LogP contribution in [0, 0.1) is 17.0 Å². The van der Waals surface area contributed by atoms with Gasteiger partial charge in [0.2, 0.25) is 53.2 Å². The van der Waals surface area contributed by atoms with E-state index in [1.165, 1.54) is 18.7 Å². The van der Waals surface area contributed by atoms with Gasteiger partial charge in [-0.05, 0) is 61.9 Å². The van der Waals surface area contributed by atoms with Crippen LogP contribution in [0.5, 0.6) is 0 Å². The highest BCUT2D eigenvalue weighted by Crippen LogP contribution is 2.41. The van der Waals surface area contributed by atoms with Gasteiger partial charge in [-0.15, -0.1) is 5.06 Å². The van der Waals surface area contributed by atoms with Crippen molar-refractivity contribution in [2.45, 2.75) is 129 Å². The number of amides is 13. The standard InChI is InChI=1S/C65H84F2N12O21/c1-38(71-50(82)20-25-97-27-29-99-30-28-98-26-21-58(91)100-79-54(86)16-17-55(79)87)60(92)72-39(2)61(93)75-47(33-49(68)81)64(96)74-46(63(95)70-23-22-69-62(94)45(13-18-57(89)90)73-51(83)36-78-52(84)14-15-53(78)85)19-24-77(56(88)37-80)59(65(3,4)5)48-31-41(43-32-42(66)11-12-44(43)67)35-76(48)34-40-9-7-6-8-10-40/h6-12,14-15,31-32,35,38-39,45-47,59,80H,13,16-30,33-34,36-37H2,1-5H3,(H2,68,81)(H,69,94)(H,70,95)(H,71,82)(H,72,92)(H,73,83)(H,74,96)(H,75,93)(H,89,90)/t38-,39-,45+,46-,47-,59-/m0/s1. The SMILES string of the molecule is C[C@H](NC(=O)CCOCCOCCOCCC(=O)ON1C(=O)CCC1=O)C(=O)N[C@@H](C)C(=O)N[C@@H](CC(N)=O)C(=O)N[C@@H](CCN(C(=O)CO)[C@@H](c1cc(-c2cc(F)ccc2F)cn1Cc1ccccc1)C(C)(C)C)C(=O)NCCNC(=O)[C@@H](CCC(=O)O)NC(=O)CN1C(=O)C=CC1=O. The molecular weight excluding hydrogens is 1320 g/mol. The van der Waals surface area contributed by atoms with E-state index in [1.54, 1.807) is 55.8 Å². The van der Waals surface area contributed by atoms with Gasteiger partial charge in [-0.1, -0.05) is 51.1 Å². The number of carbonyl (C=O) groups is 15. The molecule has 2 aliphatic rings. The summed E-state index contributed by atoms with van der Waals surface area (Å²) >= 11 is 0. The lowest BCUT2D eigenvalue weighted by Crippen LogP contribution is -2.58. The fraction of sp³-hybridized carbons (Fsp3) is 0.492. The predicted octanol–water partition coefficient (Wildman–Crippen LogP) is -1.42. The van der Waals surface area contributed by atoms with Crippen LogP contribution in [-0.4, -0.2) is 221 Å². The average Bonchev–Trinajstić information content (AvgIpc) is 1.68. The number of benzene rings is 2. The van der Waals surface area contributed by atoms with Gasteiger partial charge in [0.15, 0.2) is 0 Å². The number of carbonyl (C=O) groups excluding carboxylic acids is 14. The lowest BCUT2D eigenvalue weighted by Gasteiger charge is -2.41. The van der Waals surface area contributed by atoms with Crippen molar-refractivity contribution in [3.63, 3.8) is 0 Å². The maximum atomic E-state index is 15.5. The number of nitrogens with one attached hydrogen (secondary N) is 7. The summed E-state index contributed by atoms with van der Waals surface area (Å²) in [4.78, 5) is 199. The molecule has 2 aliphatic heterocycles. The summed E-state index contributed by atoms with van der Waals surface area (Å²) in [7, 11) is 0. The van der Waals surface area contributed by atoms with E-state index in [0.717, 1.165) is 35.9 Å². The Kier molecular flexibility index (Phi) is 31.5. The third-order valence-corrected chi connectivity index (χ3v) is 15.2. The number of aromatic nitrogens is 1. The third-order valence-electron chi connectivity index (χ3n) is 15.2. The summed E-state index contributed by atoms with van der Waals surface area (Å²) < 4.78 is 48.1. The quantitative estimate of drug-likeness (QED) is 0.0230. The molecule has 5 rings (SSSR count). The first-order chi connectivity index (χ1) is 47.4. The number of nitrogens with two attached hydrogens (primary N) is 1. The second-order valence-corrected chi connectivity index (χ2v) is 24.1. The van der Waals surface area contributed by atoms with Gasteiger partial charge in [-0.2, -0.15) is 0 Å². The highest BCUT2D eigenvalue weighted by molar-refractivity contribution is 6.14. The smallest absolute Gasteiger partial charge is 0.335 e. The Morgan fingerprint density at radius 3 is 1.79 bits per heavy atom. The molecule has 0 aliphatic carbocycles. The van der Waals surface area contributed by atoms with Crippen LogP contribution in [0.3, 0.4) is 0 Å². The molecule has 0 unspecified atom stereocenters. The summed E-state index contributed by atoms with van der Waals surface area (Å²) in [5, 5.41) is 37.3. The number of aliphatic hydroxyl groups is 1. The maximum absolute atomic E-state index is 15.5. The molecule has 2 aromatic carbocycles. The molecule has 6 atom stereocenters. The highest BCUT2D eigenvalue weighted by Gasteiger charge is 2.40. The van der Waals surface area contributed by atoms with E-state index in [9.17, 15) is 86.5 Å². The third kappa shape index (κ3) is 25.8. The van der Waals surface area contributed by atoms with Crippen LogP contribution >= 0.6 is 0 Å². The van der Waals surface area contributed by atoms with Crippen molar-refractivity contribution < 1.29 is 110 Å². The van der Waals surface area contributed by atoms with Crippen LogP contribution in [0.1, 0.15) is 103 Å². The minimum atomic E-state index is -1.86. The number of hydroxylamine groups is 2. The predicted molar refractivity (Wildman–Crippen MR) is 343 cm³/mol. The molecule has 33 nitrogen and oxygen atoms in total. The van der Waals surface area contributed by atoms with Crippen molar-refractivity contribution in [1.82, 2.24) is 56.6 Å². The fourth-order valence-corrected chi connectivity index (χ4v) is 10.2. The minimum Gasteiger partial charge on any atom is -0.481 e. The van der Waals surface area contributed by atoms with E-state index in [0.29, 0.717) is 15.7 Å². The molecule has 1 saturated heterocycles. The molecule has 35 heteroatoms. The first-order valence-corrected chi connectivity index (χ1v) is 31.9. The summed E-state index contributed by atoms with van der Waals surface area (Å²) in [6.45, 7) is 4.88. The number of aliphatic hydroxyl groups excluding tert-OH is 1. The summed E-state index contributed by atoms with van der Waals surface area (Å²) in [6.07, 6.45) is 0.442. The van der Waals surface area contributed by atoms with Crippen LogP contribution in [0.25, 0.3) is 11.1 Å². The molecule has 13 amide bonds. The zero-order valence-electron chi connectivity index (χ0n) is 55.8. The van der Waals surface area contributed by atoms with Gasteiger partial charge >= 0.3 is 11.9 Å². The van der Waals surface area contributed by atoms with Gasteiger partial charge in [0.1, 0.15) is 55.0 Å². The normalized spacial score (nSPS) is 14.6. The number of halogens is 2. The van der Waals surface area contributed by atoms with Crippen LogP contribution in [-0.2, 0) is 97.5 Å². The number of aliphatic carboxylic acids is 1. The molecule has 3 heterocycles. The van der Waals surface area contributed by atoms with Gasteiger partial charge in [0.05, 0.1) is 58.5 Å². The molecule has 0 bridgehead atoms. The monoisotopic (exact) mass is 1410 g/mol. The first kappa shape index (κ1) is 80.3. The zero-order chi connectivity index (χ0) is 73.8. The maximum Gasteiger partial charge on any atom is 0.335 e. The number of nitrogens with zero attached hydrogens (tertiary/aromatic N) is 4. The van der Waals surface area contributed by atoms with Crippen LogP contribution in [0.2, 0.25) is 0 Å². The highest BCUT2D eigenvalue weighted by atomic mass is 19.1. The van der Waals surface area contributed by atoms with E-state index in [1.807, 2.05) is 12.1 Å². The fourth-order valence-electron chi connectivity index (χ4n) is 10.2. The van der Waals surface area contributed by atoms with Gasteiger partial charge in [-0.3, -0.25) is 72.0 Å². The van der Waals surface area contributed by atoms with E-state index in [4.69, 9.17) is 24.8 Å².